The van der Waals surface area contributed by atoms with Crippen LogP contribution in [0.4, 0.5) is 5.69 Å². The van der Waals surface area contributed by atoms with E-state index >= 15 is 0 Å². The van der Waals surface area contributed by atoms with Crippen molar-refractivity contribution in [3.8, 4) is 10.6 Å². The highest BCUT2D eigenvalue weighted by molar-refractivity contribution is 7.89. The van der Waals surface area contributed by atoms with Crippen LogP contribution in [0, 0.1) is 5.92 Å². The SMILES string of the molecule is CC1CCc2nc(-c3ccc(NC(=O)c4ccc(S(=O)(=O)N5CCCCCC5)cc4)cc3)sc2C1. The summed E-state index contributed by atoms with van der Waals surface area (Å²) < 4.78 is 27.5. The molecule has 0 radical (unpaired) electrons. The topological polar surface area (TPSA) is 79.4 Å². The molecule has 184 valence electrons. The minimum Gasteiger partial charge on any atom is -0.322 e. The van der Waals surface area contributed by atoms with Gasteiger partial charge in [-0.15, -0.1) is 11.3 Å². The fourth-order valence-electron chi connectivity index (χ4n) is 4.77. The number of fused-ring (bicyclic) bond motifs is 1. The summed E-state index contributed by atoms with van der Waals surface area (Å²) in [4.78, 5) is 19.2. The van der Waals surface area contributed by atoms with Gasteiger partial charge in [0.1, 0.15) is 5.01 Å². The molecule has 3 aromatic rings. The molecule has 0 spiro atoms. The molecule has 35 heavy (non-hydrogen) atoms. The third-order valence-electron chi connectivity index (χ3n) is 6.90. The van der Waals surface area contributed by atoms with Gasteiger partial charge in [0.15, 0.2) is 0 Å². The number of nitrogens with one attached hydrogen (secondary N) is 1. The number of hydrogen-bond acceptors (Lipinski definition) is 5. The number of sulfonamides is 1. The van der Waals surface area contributed by atoms with Crippen molar-refractivity contribution >= 4 is 33.0 Å². The first kappa shape index (κ1) is 24.2. The molecule has 1 saturated heterocycles. The Hall–Kier alpha value is -2.55. The number of carbonyl (C=O) groups is 1. The standard InChI is InChI=1S/C27H31N3O3S2/c1-19-6-15-24-25(18-19)34-27(29-24)21-7-11-22(12-8-21)28-26(31)20-9-13-23(14-10-20)35(32,33)30-16-4-2-3-5-17-30/h7-14,19H,2-6,15-18H2,1H3,(H,28,31). The summed E-state index contributed by atoms with van der Waals surface area (Å²) in [6, 6.07) is 14.0. The van der Waals surface area contributed by atoms with Crippen LogP contribution in [0.5, 0.6) is 0 Å². The van der Waals surface area contributed by atoms with Crippen LogP contribution in [-0.2, 0) is 22.9 Å². The average Bonchev–Trinajstić information content (AvgIpc) is 3.08. The Kier molecular flexibility index (Phi) is 7.05. The lowest BCUT2D eigenvalue weighted by Crippen LogP contribution is -2.31. The number of rotatable bonds is 5. The Labute approximate surface area is 211 Å². The number of aryl methyl sites for hydroxylation is 1. The number of hydrogen-bond donors (Lipinski definition) is 1. The monoisotopic (exact) mass is 509 g/mol. The van der Waals surface area contributed by atoms with E-state index in [1.807, 2.05) is 24.3 Å². The number of carbonyl (C=O) groups excluding carboxylic acids is 1. The molecule has 1 aromatic heterocycles. The second kappa shape index (κ2) is 10.2. The normalized spacial score (nSPS) is 19.1. The summed E-state index contributed by atoms with van der Waals surface area (Å²) in [5, 5.41) is 3.94. The fourth-order valence-corrected chi connectivity index (χ4v) is 7.57. The predicted molar refractivity (Wildman–Crippen MR) is 140 cm³/mol. The lowest BCUT2D eigenvalue weighted by Gasteiger charge is -2.20. The number of amides is 1. The second-order valence-electron chi connectivity index (χ2n) is 9.61. The summed E-state index contributed by atoms with van der Waals surface area (Å²) in [5.41, 5.74) is 3.40. The van der Waals surface area contributed by atoms with E-state index in [1.54, 1.807) is 27.8 Å². The van der Waals surface area contributed by atoms with Crippen molar-refractivity contribution in [1.29, 1.82) is 0 Å². The van der Waals surface area contributed by atoms with Crippen LogP contribution in [0.15, 0.2) is 53.4 Å². The van der Waals surface area contributed by atoms with Crippen LogP contribution >= 0.6 is 11.3 Å². The number of nitrogens with zero attached hydrogens (tertiary/aromatic N) is 2. The molecule has 2 aliphatic rings. The van der Waals surface area contributed by atoms with Crippen LogP contribution in [0.2, 0.25) is 0 Å². The van der Waals surface area contributed by atoms with Crippen molar-refractivity contribution in [2.75, 3.05) is 18.4 Å². The van der Waals surface area contributed by atoms with Crippen LogP contribution in [0.25, 0.3) is 10.6 Å². The van der Waals surface area contributed by atoms with Crippen LogP contribution in [-0.4, -0.2) is 36.7 Å². The van der Waals surface area contributed by atoms with Gasteiger partial charge in [0.2, 0.25) is 10.0 Å². The maximum Gasteiger partial charge on any atom is 0.255 e. The molecule has 8 heteroatoms. The molecule has 1 aliphatic carbocycles. The molecule has 1 amide bonds. The number of thiazole rings is 1. The first-order valence-electron chi connectivity index (χ1n) is 12.4. The molecule has 0 bridgehead atoms. The zero-order valence-corrected chi connectivity index (χ0v) is 21.6. The van der Waals surface area contributed by atoms with Gasteiger partial charge in [0, 0.05) is 34.8 Å². The molecular weight excluding hydrogens is 478 g/mol. The molecule has 1 atom stereocenters. The maximum atomic E-state index is 13.0. The van der Waals surface area contributed by atoms with Crippen molar-refractivity contribution in [3.63, 3.8) is 0 Å². The van der Waals surface area contributed by atoms with E-state index in [4.69, 9.17) is 4.98 Å². The second-order valence-corrected chi connectivity index (χ2v) is 12.6. The smallest absolute Gasteiger partial charge is 0.255 e. The van der Waals surface area contributed by atoms with E-state index in [-0.39, 0.29) is 10.8 Å². The summed E-state index contributed by atoms with van der Waals surface area (Å²) in [7, 11) is -3.53. The molecule has 5 rings (SSSR count). The van der Waals surface area contributed by atoms with Gasteiger partial charge in [0.05, 0.1) is 10.6 Å². The van der Waals surface area contributed by atoms with E-state index < -0.39 is 10.0 Å². The van der Waals surface area contributed by atoms with Gasteiger partial charge in [-0.25, -0.2) is 13.4 Å². The lowest BCUT2D eigenvalue weighted by atomic mass is 9.93. The van der Waals surface area contributed by atoms with E-state index in [1.165, 1.54) is 29.1 Å². The van der Waals surface area contributed by atoms with Crippen LogP contribution in [0.3, 0.4) is 0 Å². The summed E-state index contributed by atoms with van der Waals surface area (Å²) >= 11 is 1.77. The van der Waals surface area contributed by atoms with E-state index in [0.717, 1.165) is 55.0 Å². The van der Waals surface area contributed by atoms with Crippen molar-refractivity contribution in [2.24, 2.45) is 5.92 Å². The summed E-state index contributed by atoms with van der Waals surface area (Å²) in [5.74, 6) is 0.451. The highest BCUT2D eigenvalue weighted by atomic mass is 32.2. The van der Waals surface area contributed by atoms with Crippen LogP contribution in [0.1, 0.15) is 60.0 Å². The minimum atomic E-state index is -3.53. The third-order valence-corrected chi connectivity index (χ3v) is 9.98. The van der Waals surface area contributed by atoms with Crippen molar-refractivity contribution < 1.29 is 13.2 Å². The van der Waals surface area contributed by atoms with Gasteiger partial charge >= 0.3 is 0 Å². The van der Waals surface area contributed by atoms with Crippen molar-refractivity contribution in [2.45, 2.75) is 56.8 Å². The molecule has 1 N–H and O–H groups in total. The van der Waals surface area contributed by atoms with Gasteiger partial charge in [-0.2, -0.15) is 4.31 Å². The first-order chi connectivity index (χ1) is 16.9. The Bertz CT molecular complexity index is 1290. The highest BCUT2D eigenvalue weighted by Gasteiger charge is 2.25. The van der Waals surface area contributed by atoms with E-state index in [0.29, 0.717) is 24.3 Å². The van der Waals surface area contributed by atoms with Crippen molar-refractivity contribution in [3.05, 3.63) is 64.7 Å². The van der Waals surface area contributed by atoms with Gasteiger partial charge < -0.3 is 5.32 Å². The Morgan fingerprint density at radius 2 is 1.69 bits per heavy atom. The highest BCUT2D eigenvalue weighted by Crippen LogP contribution is 2.34. The average molecular weight is 510 g/mol. The van der Waals surface area contributed by atoms with E-state index in [2.05, 4.69) is 12.2 Å². The van der Waals surface area contributed by atoms with Gasteiger partial charge in [-0.05, 0) is 86.6 Å². The molecule has 2 heterocycles. The molecule has 1 fully saturated rings. The third kappa shape index (κ3) is 5.34. The van der Waals surface area contributed by atoms with Gasteiger partial charge in [-0.1, -0.05) is 19.8 Å². The van der Waals surface area contributed by atoms with Crippen molar-refractivity contribution in [1.82, 2.24) is 9.29 Å². The predicted octanol–water partition coefficient (Wildman–Crippen LogP) is 5.75. The molecule has 1 unspecified atom stereocenters. The minimum absolute atomic E-state index is 0.237. The zero-order chi connectivity index (χ0) is 24.4. The molecular formula is C27H31N3O3S2. The quantitative estimate of drug-likeness (QED) is 0.475. The Morgan fingerprint density at radius 3 is 2.37 bits per heavy atom. The van der Waals surface area contributed by atoms with Gasteiger partial charge in [-0.3, -0.25) is 4.79 Å². The molecule has 6 nitrogen and oxygen atoms in total. The first-order valence-corrected chi connectivity index (χ1v) is 14.7. The number of anilines is 1. The largest absolute Gasteiger partial charge is 0.322 e. The number of benzene rings is 2. The van der Waals surface area contributed by atoms with E-state index in [9.17, 15) is 13.2 Å². The lowest BCUT2D eigenvalue weighted by molar-refractivity contribution is 0.102. The Morgan fingerprint density at radius 1 is 1.00 bits per heavy atom. The summed E-state index contributed by atoms with van der Waals surface area (Å²) in [6.45, 7) is 3.41. The molecule has 0 saturated carbocycles. The van der Waals surface area contributed by atoms with Crippen LogP contribution < -0.4 is 5.32 Å². The summed E-state index contributed by atoms with van der Waals surface area (Å²) in [6.07, 6.45) is 7.28. The zero-order valence-electron chi connectivity index (χ0n) is 20.0. The number of aromatic nitrogens is 1. The molecule has 1 aliphatic heterocycles. The Balaban J connectivity index is 1.24. The van der Waals surface area contributed by atoms with Gasteiger partial charge in [0.25, 0.3) is 5.91 Å². The fraction of sp³-hybridized carbons (Fsp3) is 0.407. The molecule has 2 aromatic carbocycles. The maximum absolute atomic E-state index is 13.0.